The molecule has 1 nitrogen and oxygen atoms in total. The molecule has 0 aliphatic rings. The van der Waals surface area contributed by atoms with E-state index in [4.69, 9.17) is 11.6 Å². The maximum atomic E-state index is 10.5. The predicted octanol–water partition coefficient (Wildman–Crippen LogP) is 4.35. The van der Waals surface area contributed by atoms with Crippen LogP contribution in [0, 0.1) is 20.8 Å². The second-order valence-electron chi connectivity index (χ2n) is 4.72. The van der Waals surface area contributed by atoms with Gasteiger partial charge in [-0.3, -0.25) is 0 Å². The van der Waals surface area contributed by atoms with Crippen LogP contribution in [0.3, 0.4) is 0 Å². The van der Waals surface area contributed by atoms with Gasteiger partial charge in [0.15, 0.2) is 0 Å². The van der Waals surface area contributed by atoms with Gasteiger partial charge in [-0.25, -0.2) is 0 Å². The summed E-state index contributed by atoms with van der Waals surface area (Å²) in [6.07, 6.45) is -0.669. The Labute approximate surface area is 113 Å². The van der Waals surface area contributed by atoms with Crippen LogP contribution in [0.2, 0.25) is 5.02 Å². The number of aliphatic hydroxyl groups is 1. The Morgan fingerprint density at radius 3 is 2.17 bits per heavy atom. The van der Waals surface area contributed by atoms with Gasteiger partial charge in [0.1, 0.15) is 6.10 Å². The SMILES string of the molecule is Cc1cc(C)c(C(O)c2ccccc2Cl)cc1C. The molecule has 1 unspecified atom stereocenters. The van der Waals surface area contributed by atoms with Gasteiger partial charge >= 0.3 is 0 Å². The van der Waals surface area contributed by atoms with Gasteiger partial charge in [-0.05, 0) is 49.1 Å². The smallest absolute Gasteiger partial charge is 0.106 e. The van der Waals surface area contributed by atoms with Crippen molar-refractivity contribution >= 4 is 11.6 Å². The summed E-state index contributed by atoms with van der Waals surface area (Å²) in [6, 6.07) is 11.6. The number of aliphatic hydroxyl groups excluding tert-OH is 1. The average molecular weight is 261 g/mol. The fourth-order valence-corrected chi connectivity index (χ4v) is 2.38. The fraction of sp³-hybridized carbons (Fsp3) is 0.250. The molecule has 0 aliphatic heterocycles. The highest BCUT2D eigenvalue weighted by molar-refractivity contribution is 6.31. The molecule has 0 fully saturated rings. The van der Waals surface area contributed by atoms with Crippen molar-refractivity contribution in [3.8, 4) is 0 Å². The van der Waals surface area contributed by atoms with Crippen LogP contribution in [-0.4, -0.2) is 5.11 Å². The summed E-state index contributed by atoms with van der Waals surface area (Å²) in [5, 5.41) is 11.1. The molecule has 0 spiro atoms. The molecule has 0 radical (unpaired) electrons. The molecule has 2 heteroatoms. The third-order valence-corrected chi connectivity index (χ3v) is 3.72. The highest BCUT2D eigenvalue weighted by atomic mass is 35.5. The van der Waals surface area contributed by atoms with Crippen molar-refractivity contribution in [1.29, 1.82) is 0 Å². The van der Waals surface area contributed by atoms with Gasteiger partial charge in [-0.15, -0.1) is 0 Å². The Balaban J connectivity index is 2.50. The zero-order chi connectivity index (χ0) is 13.3. The number of hydrogen-bond donors (Lipinski definition) is 1. The first-order valence-corrected chi connectivity index (χ1v) is 6.38. The molecular formula is C16H17ClO. The maximum absolute atomic E-state index is 10.5. The minimum Gasteiger partial charge on any atom is -0.384 e. The zero-order valence-electron chi connectivity index (χ0n) is 10.9. The average Bonchev–Trinajstić information content (AvgIpc) is 2.33. The Bertz CT molecular complexity index is 575. The first-order chi connectivity index (χ1) is 8.50. The molecule has 2 rings (SSSR count). The van der Waals surface area contributed by atoms with Gasteiger partial charge < -0.3 is 5.11 Å². The Hall–Kier alpha value is -1.31. The maximum Gasteiger partial charge on any atom is 0.106 e. The van der Waals surface area contributed by atoms with Crippen LogP contribution < -0.4 is 0 Å². The second-order valence-corrected chi connectivity index (χ2v) is 5.12. The molecular weight excluding hydrogens is 244 g/mol. The number of hydrogen-bond acceptors (Lipinski definition) is 1. The zero-order valence-corrected chi connectivity index (χ0v) is 11.6. The van der Waals surface area contributed by atoms with Crippen molar-refractivity contribution in [3.05, 3.63) is 69.2 Å². The molecule has 94 valence electrons. The summed E-state index contributed by atoms with van der Waals surface area (Å²) in [5.74, 6) is 0. The Kier molecular flexibility index (Phi) is 3.74. The second kappa shape index (κ2) is 5.13. The van der Waals surface area contributed by atoms with Crippen LogP contribution in [0.5, 0.6) is 0 Å². The highest BCUT2D eigenvalue weighted by Gasteiger charge is 2.16. The van der Waals surface area contributed by atoms with Crippen LogP contribution in [0.15, 0.2) is 36.4 Å². The van der Waals surface area contributed by atoms with E-state index in [1.165, 1.54) is 11.1 Å². The molecule has 0 saturated heterocycles. The monoisotopic (exact) mass is 260 g/mol. The molecule has 2 aromatic carbocycles. The van der Waals surface area contributed by atoms with Crippen molar-refractivity contribution in [3.63, 3.8) is 0 Å². The molecule has 0 bridgehead atoms. The molecule has 1 N–H and O–H groups in total. The summed E-state index contributed by atoms with van der Waals surface area (Å²) < 4.78 is 0. The summed E-state index contributed by atoms with van der Waals surface area (Å²) in [4.78, 5) is 0. The first-order valence-electron chi connectivity index (χ1n) is 6.01. The Morgan fingerprint density at radius 2 is 1.50 bits per heavy atom. The lowest BCUT2D eigenvalue weighted by Crippen LogP contribution is -2.04. The van der Waals surface area contributed by atoms with Gasteiger partial charge in [0.25, 0.3) is 0 Å². The summed E-state index contributed by atoms with van der Waals surface area (Å²) in [5.41, 5.74) is 5.19. The van der Waals surface area contributed by atoms with Gasteiger partial charge in [0, 0.05) is 10.6 Å². The molecule has 0 aromatic heterocycles. The number of benzene rings is 2. The van der Waals surface area contributed by atoms with Crippen LogP contribution >= 0.6 is 11.6 Å². The van der Waals surface area contributed by atoms with E-state index in [-0.39, 0.29) is 0 Å². The van der Waals surface area contributed by atoms with E-state index in [1.807, 2.05) is 31.2 Å². The van der Waals surface area contributed by atoms with E-state index in [0.717, 1.165) is 16.7 Å². The van der Waals surface area contributed by atoms with Gasteiger partial charge in [0.2, 0.25) is 0 Å². The van der Waals surface area contributed by atoms with Crippen molar-refractivity contribution in [2.45, 2.75) is 26.9 Å². The molecule has 0 heterocycles. The summed E-state index contributed by atoms with van der Waals surface area (Å²) in [6.45, 7) is 6.15. The van der Waals surface area contributed by atoms with Gasteiger partial charge in [-0.2, -0.15) is 0 Å². The first kappa shape index (κ1) is 13.1. The Morgan fingerprint density at radius 1 is 0.889 bits per heavy atom. The molecule has 1 atom stereocenters. The predicted molar refractivity (Wildman–Crippen MR) is 76.2 cm³/mol. The molecule has 2 aromatic rings. The van der Waals surface area contributed by atoms with Crippen LogP contribution in [0.4, 0.5) is 0 Å². The summed E-state index contributed by atoms with van der Waals surface area (Å²) in [7, 11) is 0. The lowest BCUT2D eigenvalue weighted by molar-refractivity contribution is 0.219. The minimum atomic E-state index is -0.669. The summed E-state index contributed by atoms with van der Waals surface area (Å²) >= 11 is 6.13. The highest BCUT2D eigenvalue weighted by Crippen LogP contribution is 2.31. The molecule has 0 saturated carbocycles. The van der Waals surface area contributed by atoms with Crippen molar-refractivity contribution in [2.75, 3.05) is 0 Å². The van der Waals surface area contributed by atoms with Gasteiger partial charge in [-0.1, -0.05) is 41.9 Å². The molecule has 0 aliphatic carbocycles. The van der Waals surface area contributed by atoms with E-state index in [1.54, 1.807) is 6.07 Å². The largest absolute Gasteiger partial charge is 0.384 e. The molecule has 18 heavy (non-hydrogen) atoms. The lowest BCUT2D eigenvalue weighted by Gasteiger charge is -2.17. The van der Waals surface area contributed by atoms with Crippen LogP contribution in [0.1, 0.15) is 33.9 Å². The van der Waals surface area contributed by atoms with Crippen LogP contribution in [-0.2, 0) is 0 Å². The normalized spacial score (nSPS) is 12.5. The van der Waals surface area contributed by atoms with E-state index in [2.05, 4.69) is 19.9 Å². The number of rotatable bonds is 2. The van der Waals surface area contributed by atoms with E-state index in [0.29, 0.717) is 5.02 Å². The quantitative estimate of drug-likeness (QED) is 0.851. The minimum absolute atomic E-state index is 0.600. The fourth-order valence-electron chi connectivity index (χ4n) is 2.14. The molecule has 0 amide bonds. The third kappa shape index (κ3) is 2.43. The number of halogens is 1. The number of aryl methyl sites for hydroxylation is 3. The van der Waals surface area contributed by atoms with Crippen LogP contribution in [0.25, 0.3) is 0 Å². The third-order valence-electron chi connectivity index (χ3n) is 3.38. The van der Waals surface area contributed by atoms with Crippen molar-refractivity contribution in [1.82, 2.24) is 0 Å². The standard InChI is InChI=1S/C16H17ClO/c1-10-8-12(3)14(9-11(10)2)16(18)13-6-4-5-7-15(13)17/h4-9,16,18H,1-3H3. The topological polar surface area (TPSA) is 20.2 Å². The van der Waals surface area contributed by atoms with Crippen molar-refractivity contribution < 1.29 is 5.11 Å². The van der Waals surface area contributed by atoms with Gasteiger partial charge in [0.05, 0.1) is 0 Å². The lowest BCUT2D eigenvalue weighted by atomic mass is 9.93. The van der Waals surface area contributed by atoms with Crippen molar-refractivity contribution in [2.24, 2.45) is 0 Å². The van der Waals surface area contributed by atoms with E-state index in [9.17, 15) is 5.11 Å². The van der Waals surface area contributed by atoms with E-state index < -0.39 is 6.10 Å². The van der Waals surface area contributed by atoms with E-state index >= 15 is 0 Å².